The average molecular weight is 383 g/mol. The van der Waals surface area contributed by atoms with Crippen LogP contribution in [0.5, 0.6) is 0 Å². The van der Waals surface area contributed by atoms with Gasteiger partial charge in [-0.1, -0.05) is 0 Å². The third kappa shape index (κ3) is 2.73. The lowest BCUT2D eigenvalue weighted by molar-refractivity contribution is -0.132. The molecular weight excluding hydrogens is 372 g/mol. The molecule has 7 nitrogen and oxygen atoms in total. The molecular formula is C10H11BrN2O5S2. The number of sulfonamides is 1. The number of carboxylic acid groups (broad SMARTS) is 1. The number of carbonyl (C=O) groups excluding carboxylic acids is 1. The van der Waals surface area contributed by atoms with Crippen LogP contribution in [0.25, 0.3) is 0 Å². The van der Waals surface area contributed by atoms with E-state index in [9.17, 15) is 18.0 Å². The number of rotatable bonds is 3. The summed E-state index contributed by atoms with van der Waals surface area (Å²) >= 11 is 3.90. The number of nitrogens with zero attached hydrogens (tertiary/aromatic N) is 2. The van der Waals surface area contributed by atoms with Crippen LogP contribution in [0.4, 0.5) is 0 Å². The molecule has 1 aromatic heterocycles. The molecule has 10 heteroatoms. The number of likely N-dealkylation sites (N-methyl/N-ethyl adjacent to an activating group) is 1. The smallest absolute Gasteiger partial charge is 0.345 e. The number of piperazine rings is 1. The third-order valence-electron chi connectivity index (χ3n) is 2.91. The Bertz CT molecular complexity index is 669. The van der Waals surface area contributed by atoms with Crippen molar-refractivity contribution in [3.05, 3.63) is 14.7 Å². The van der Waals surface area contributed by atoms with Crippen molar-refractivity contribution >= 4 is 49.2 Å². The molecule has 1 aliphatic heterocycles. The molecule has 1 fully saturated rings. The number of carbonyl (C=O) groups is 2. The topological polar surface area (TPSA) is 95.0 Å². The van der Waals surface area contributed by atoms with Gasteiger partial charge in [0.25, 0.3) is 0 Å². The maximum Gasteiger partial charge on any atom is 0.345 e. The molecule has 20 heavy (non-hydrogen) atoms. The van der Waals surface area contributed by atoms with Crippen molar-refractivity contribution in [1.29, 1.82) is 0 Å². The lowest BCUT2D eigenvalue weighted by atomic mass is 10.4. The van der Waals surface area contributed by atoms with E-state index < -0.39 is 16.0 Å². The maximum absolute atomic E-state index is 12.4. The van der Waals surface area contributed by atoms with Gasteiger partial charge >= 0.3 is 5.97 Å². The van der Waals surface area contributed by atoms with Gasteiger partial charge in [0.1, 0.15) is 9.77 Å². The highest BCUT2D eigenvalue weighted by atomic mass is 79.9. The highest BCUT2D eigenvalue weighted by Gasteiger charge is 2.34. The van der Waals surface area contributed by atoms with E-state index in [-0.39, 0.29) is 32.6 Å². The molecule has 0 radical (unpaired) electrons. The molecule has 1 saturated heterocycles. The van der Waals surface area contributed by atoms with Crippen molar-refractivity contribution in [2.45, 2.75) is 4.90 Å². The molecule has 0 spiro atoms. The number of halogens is 1. The molecule has 1 aliphatic rings. The van der Waals surface area contributed by atoms with Gasteiger partial charge in [-0.05, 0) is 22.0 Å². The van der Waals surface area contributed by atoms with Gasteiger partial charge in [0.2, 0.25) is 15.9 Å². The molecule has 1 N–H and O–H groups in total. The zero-order chi connectivity index (χ0) is 15.1. The lowest BCUT2D eigenvalue weighted by Gasteiger charge is -2.31. The molecule has 1 aromatic rings. The summed E-state index contributed by atoms with van der Waals surface area (Å²) in [5, 5.41) is 8.90. The Kier molecular flexibility index (Phi) is 4.19. The summed E-state index contributed by atoms with van der Waals surface area (Å²) in [7, 11) is -2.27. The Hall–Kier alpha value is -0.970. The van der Waals surface area contributed by atoms with Crippen molar-refractivity contribution in [3.63, 3.8) is 0 Å². The predicted octanol–water partition coefficient (Wildman–Crippen LogP) is 0.672. The van der Waals surface area contributed by atoms with E-state index in [1.165, 1.54) is 4.90 Å². The van der Waals surface area contributed by atoms with E-state index >= 15 is 0 Å². The van der Waals surface area contributed by atoms with Gasteiger partial charge in [-0.3, -0.25) is 4.79 Å². The number of hydrogen-bond donors (Lipinski definition) is 1. The fraction of sp³-hybridized carbons (Fsp3) is 0.400. The van der Waals surface area contributed by atoms with E-state index in [2.05, 4.69) is 15.9 Å². The van der Waals surface area contributed by atoms with Crippen LogP contribution in [0.15, 0.2) is 14.7 Å². The van der Waals surface area contributed by atoms with E-state index in [0.29, 0.717) is 6.54 Å². The summed E-state index contributed by atoms with van der Waals surface area (Å²) in [5.74, 6) is -1.48. The predicted molar refractivity (Wildman–Crippen MR) is 75.4 cm³/mol. The van der Waals surface area contributed by atoms with Crippen LogP contribution in [0, 0.1) is 0 Å². The van der Waals surface area contributed by atoms with Gasteiger partial charge in [-0.2, -0.15) is 4.31 Å². The Morgan fingerprint density at radius 3 is 2.60 bits per heavy atom. The van der Waals surface area contributed by atoms with Crippen molar-refractivity contribution in [1.82, 2.24) is 9.21 Å². The fourth-order valence-electron chi connectivity index (χ4n) is 1.71. The molecule has 0 atom stereocenters. The zero-order valence-corrected chi connectivity index (χ0v) is 13.6. The van der Waals surface area contributed by atoms with Crippen LogP contribution in [-0.4, -0.2) is 61.3 Å². The van der Waals surface area contributed by atoms with E-state index in [0.717, 1.165) is 21.7 Å². The summed E-state index contributed by atoms with van der Waals surface area (Å²) in [5.41, 5.74) is 0. The largest absolute Gasteiger partial charge is 0.477 e. The standard InChI is InChI=1S/C10H11BrN2O5S2/c1-12-2-3-13(5-8(12)14)20(17,18)7-4-6(10(15)16)19-9(7)11/h4H,2-3,5H2,1H3,(H,15,16). The van der Waals surface area contributed by atoms with Gasteiger partial charge < -0.3 is 10.0 Å². The van der Waals surface area contributed by atoms with Crippen LogP contribution >= 0.6 is 27.3 Å². The van der Waals surface area contributed by atoms with Crippen LogP contribution in [0.3, 0.4) is 0 Å². The first-order valence-corrected chi connectivity index (χ1v) is 8.55. The number of thiophene rings is 1. The molecule has 0 unspecified atom stereocenters. The molecule has 110 valence electrons. The van der Waals surface area contributed by atoms with Crippen molar-refractivity contribution in [2.75, 3.05) is 26.7 Å². The first kappa shape index (κ1) is 15.4. The monoisotopic (exact) mass is 382 g/mol. The summed E-state index contributed by atoms with van der Waals surface area (Å²) in [6, 6.07) is 1.11. The SMILES string of the molecule is CN1CCN(S(=O)(=O)c2cc(C(=O)O)sc2Br)CC1=O. The van der Waals surface area contributed by atoms with Crippen molar-refractivity contribution < 1.29 is 23.1 Å². The normalized spacial score (nSPS) is 17.5. The molecule has 2 heterocycles. The van der Waals surface area contributed by atoms with E-state index in [4.69, 9.17) is 5.11 Å². The summed E-state index contributed by atoms with van der Waals surface area (Å²) in [6.07, 6.45) is 0. The Morgan fingerprint density at radius 2 is 2.10 bits per heavy atom. The third-order valence-corrected chi connectivity index (χ3v) is 6.99. The average Bonchev–Trinajstić information content (AvgIpc) is 2.75. The Morgan fingerprint density at radius 1 is 1.45 bits per heavy atom. The van der Waals surface area contributed by atoms with Crippen molar-refractivity contribution in [2.24, 2.45) is 0 Å². The van der Waals surface area contributed by atoms with E-state index in [1.807, 2.05) is 0 Å². The lowest BCUT2D eigenvalue weighted by Crippen LogP contribution is -2.50. The minimum atomic E-state index is -3.88. The number of amides is 1. The highest BCUT2D eigenvalue weighted by Crippen LogP contribution is 2.33. The van der Waals surface area contributed by atoms with Crippen LogP contribution in [0.2, 0.25) is 0 Å². The molecule has 1 amide bonds. The van der Waals surface area contributed by atoms with Crippen LogP contribution in [-0.2, 0) is 14.8 Å². The van der Waals surface area contributed by atoms with Gasteiger partial charge in [-0.15, -0.1) is 11.3 Å². The number of aromatic carboxylic acids is 1. The fourth-order valence-corrected chi connectivity index (χ4v) is 5.45. The summed E-state index contributed by atoms with van der Waals surface area (Å²) in [4.78, 5) is 23.8. The van der Waals surface area contributed by atoms with E-state index in [1.54, 1.807) is 7.05 Å². The minimum Gasteiger partial charge on any atom is -0.477 e. The highest BCUT2D eigenvalue weighted by molar-refractivity contribution is 9.11. The summed E-state index contributed by atoms with van der Waals surface area (Å²) in [6.45, 7) is 0.268. The van der Waals surface area contributed by atoms with Gasteiger partial charge in [-0.25, -0.2) is 13.2 Å². The molecule has 0 saturated carbocycles. The van der Waals surface area contributed by atoms with Gasteiger partial charge in [0.15, 0.2) is 0 Å². The van der Waals surface area contributed by atoms with Crippen LogP contribution < -0.4 is 0 Å². The van der Waals surface area contributed by atoms with Crippen LogP contribution in [0.1, 0.15) is 9.67 Å². The second-order valence-corrected chi connectivity index (χ2v) is 8.48. The second kappa shape index (κ2) is 5.43. The molecule has 2 rings (SSSR count). The molecule has 0 bridgehead atoms. The van der Waals surface area contributed by atoms with Crippen molar-refractivity contribution in [3.8, 4) is 0 Å². The first-order chi connectivity index (χ1) is 9.23. The number of hydrogen-bond acceptors (Lipinski definition) is 5. The molecule has 0 aliphatic carbocycles. The molecule has 0 aromatic carbocycles. The number of carboxylic acids is 1. The quantitative estimate of drug-likeness (QED) is 0.828. The van der Waals surface area contributed by atoms with Gasteiger partial charge in [0.05, 0.1) is 10.3 Å². The Balaban J connectivity index is 2.36. The zero-order valence-electron chi connectivity index (χ0n) is 10.4. The van der Waals surface area contributed by atoms with Gasteiger partial charge in [0, 0.05) is 20.1 Å². The second-order valence-electron chi connectivity index (χ2n) is 4.21. The Labute approximate surface area is 128 Å². The maximum atomic E-state index is 12.4. The summed E-state index contributed by atoms with van der Waals surface area (Å²) < 4.78 is 26.2. The minimum absolute atomic E-state index is 0.0732. The first-order valence-electron chi connectivity index (χ1n) is 5.50.